The molecule has 1 fully saturated rings. The highest BCUT2D eigenvalue weighted by atomic mass is 19.1. The summed E-state index contributed by atoms with van der Waals surface area (Å²) < 4.78 is 18.1. The van der Waals surface area contributed by atoms with E-state index < -0.39 is 0 Å². The lowest BCUT2D eigenvalue weighted by Crippen LogP contribution is -2.48. The molecule has 92 valence electrons. The number of carbonyl (C=O) groups is 1. The molecule has 0 radical (unpaired) electrons. The van der Waals surface area contributed by atoms with Crippen LogP contribution < -0.4 is 5.73 Å². The summed E-state index contributed by atoms with van der Waals surface area (Å²) >= 11 is 0. The molecule has 4 nitrogen and oxygen atoms in total. The minimum Gasteiger partial charge on any atom is -0.373 e. The molecule has 1 aromatic carbocycles. The summed E-state index contributed by atoms with van der Waals surface area (Å²) in [5.41, 5.74) is 6.00. The molecule has 1 amide bonds. The first kappa shape index (κ1) is 12.0. The Kier molecular flexibility index (Phi) is 3.71. The highest BCUT2D eigenvalue weighted by molar-refractivity contribution is 5.94. The van der Waals surface area contributed by atoms with E-state index in [1.165, 1.54) is 24.3 Å². The van der Waals surface area contributed by atoms with Gasteiger partial charge in [-0.1, -0.05) is 0 Å². The second-order valence-electron chi connectivity index (χ2n) is 3.99. The van der Waals surface area contributed by atoms with E-state index in [1.807, 2.05) is 0 Å². The van der Waals surface area contributed by atoms with Crippen LogP contribution in [-0.2, 0) is 4.74 Å². The molecule has 0 aromatic heterocycles. The molecule has 0 bridgehead atoms. The highest BCUT2D eigenvalue weighted by Crippen LogP contribution is 2.11. The summed E-state index contributed by atoms with van der Waals surface area (Å²) in [6, 6.07) is 5.55. The number of nitrogens with zero attached hydrogens (tertiary/aromatic N) is 1. The summed E-state index contributed by atoms with van der Waals surface area (Å²) in [6.07, 6.45) is -0.104. The van der Waals surface area contributed by atoms with E-state index in [9.17, 15) is 9.18 Å². The van der Waals surface area contributed by atoms with Crippen LogP contribution in [-0.4, -0.2) is 43.2 Å². The monoisotopic (exact) mass is 238 g/mol. The number of ether oxygens (including phenoxy) is 1. The standard InChI is InChI=1S/C12H15FN2O2/c13-10-3-1-9(2-4-10)12(16)15-5-6-17-11(7-14)8-15/h1-4,11H,5-8,14H2. The number of hydrogen-bond donors (Lipinski definition) is 1. The summed E-state index contributed by atoms with van der Waals surface area (Å²) in [7, 11) is 0. The molecule has 0 saturated carbocycles. The fourth-order valence-electron chi connectivity index (χ4n) is 1.82. The zero-order chi connectivity index (χ0) is 12.3. The van der Waals surface area contributed by atoms with E-state index in [0.717, 1.165) is 0 Å². The second kappa shape index (κ2) is 5.25. The fourth-order valence-corrected chi connectivity index (χ4v) is 1.82. The molecular weight excluding hydrogens is 223 g/mol. The van der Waals surface area contributed by atoms with Crippen LogP contribution >= 0.6 is 0 Å². The van der Waals surface area contributed by atoms with Crippen LogP contribution in [0.4, 0.5) is 4.39 Å². The third kappa shape index (κ3) is 2.81. The zero-order valence-electron chi connectivity index (χ0n) is 9.43. The molecule has 1 aliphatic heterocycles. The molecule has 0 aliphatic carbocycles. The van der Waals surface area contributed by atoms with E-state index >= 15 is 0 Å². The summed E-state index contributed by atoms with van der Waals surface area (Å²) in [6.45, 7) is 1.93. The Bertz CT molecular complexity index is 394. The van der Waals surface area contributed by atoms with Gasteiger partial charge in [0.25, 0.3) is 5.91 Å². The van der Waals surface area contributed by atoms with Crippen molar-refractivity contribution in [1.82, 2.24) is 4.90 Å². The SMILES string of the molecule is NCC1CN(C(=O)c2ccc(F)cc2)CCO1. The molecule has 1 unspecified atom stereocenters. The molecular formula is C12H15FN2O2. The average Bonchev–Trinajstić information content (AvgIpc) is 2.39. The van der Waals surface area contributed by atoms with Crippen molar-refractivity contribution in [1.29, 1.82) is 0 Å². The van der Waals surface area contributed by atoms with Crippen molar-refractivity contribution in [3.8, 4) is 0 Å². The average molecular weight is 238 g/mol. The molecule has 17 heavy (non-hydrogen) atoms. The van der Waals surface area contributed by atoms with Crippen molar-refractivity contribution in [2.45, 2.75) is 6.10 Å². The van der Waals surface area contributed by atoms with Crippen molar-refractivity contribution in [2.75, 3.05) is 26.2 Å². The number of amides is 1. The maximum atomic E-state index is 12.7. The number of carbonyl (C=O) groups excluding carboxylic acids is 1. The normalized spacial score (nSPS) is 20.4. The highest BCUT2D eigenvalue weighted by Gasteiger charge is 2.23. The lowest BCUT2D eigenvalue weighted by molar-refractivity contribution is -0.0167. The lowest BCUT2D eigenvalue weighted by Gasteiger charge is -2.32. The quantitative estimate of drug-likeness (QED) is 0.822. The second-order valence-corrected chi connectivity index (χ2v) is 3.99. The Morgan fingerprint density at radius 1 is 1.47 bits per heavy atom. The van der Waals surface area contributed by atoms with Gasteiger partial charge in [0.15, 0.2) is 0 Å². The predicted molar refractivity (Wildman–Crippen MR) is 61.1 cm³/mol. The summed E-state index contributed by atoms with van der Waals surface area (Å²) in [5, 5.41) is 0. The number of halogens is 1. The topological polar surface area (TPSA) is 55.6 Å². The van der Waals surface area contributed by atoms with E-state index in [4.69, 9.17) is 10.5 Å². The summed E-state index contributed by atoms with van der Waals surface area (Å²) in [5.74, 6) is -0.449. The van der Waals surface area contributed by atoms with Crippen molar-refractivity contribution in [3.05, 3.63) is 35.6 Å². The Hall–Kier alpha value is -1.46. The van der Waals surface area contributed by atoms with Crippen LogP contribution in [0.5, 0.6) is 0 Å². The molecule has 0 spiro atoms. The molecule has 5 heteroatoms. The van der Waals surface area contributed by atoms with Gasteiger partial charge >= 0.3 is 0 Å². The number of morpholine rings is 1. The first-order valence-electron chi connectivity index (χ1n) is 5.57. The maximum absolute atomic E-state index is 12.7. The van der Waals surface area contributed by atoms with Gasteiger partial charge in [0, 0.05) is 25.2 Å². The number of rotatable bonds is 2. The molecule has 1 saturated heterocycles. The van der Waals surface area contributed by atoms with Crippen LogP contribution in [0, 0.1) is 5.82 Å². The minimum absolute atomic E-state index is 0.104. The van der Waals surface area contributed by atoms with Crippen LogP contribution in [0.1, 0.15) is 10.4 Å². The first-order chi connectivity index (χ1) is 8.20. The van der Waals surface area contributed by atoms with Gasteiger partial charge < -0.3 is 15.4 Å². The van der Waals surface area contributed by atoms with Crippen molar-refractivity contribution >= 4 is 5.91 Å². The van der Waals surface area contributed by atoms with E-state index in [0.29, 0.717) is 31.8 Å². The van der Waals surface area contributed by atoms with Crippen LogP contribution in [0.2, 0.25) is 0 Å². The third-order valence-electron chi connectivity index (χ3n) is 2.78. The fraction of sp³-hybridized carbons (Fsp3) is 0.417. The van der Waals surface area contributed by atoms with Crippen LogP contribution in [0.25, 0.3) is 0 Å². The number of benzene rings is 1. The van der Waals surface area contributed by atoms with E-state index in [2.05, 4.69) is 0 Å². The van der Waals surface area contributed by atoms with Crippen molar-refractivity contribution < 1.29 is 13.9 Å². The van der Waals surface area contributed by atoms with Gasteiger partial charge in [0.1, 0.15) is 5.82 Å². The van der Waals surface area contributed by atoms with Crippen molar-refractivity contribution in [2.24, 2.45) is 5.73 Å². The first-order valence-corrected chi connectivity index (χ1v) is 5.57. The van der Waals surface area contributed by atoms with Crippen LogP contribution in [0.3, 0.4) is 0 Å². The van der Waals surface area contributed by atoms with E-state index in [-0.39, 0.29) is 17.8 Å². The molecule has 2 rings (SSSR count). The van der Waals surface area contributed by atoms with E-state index in [1.54, 1.807) is 4.90 Å². The number of hydrogen-bond acceptors (Lipinski definition) is 3. The third-order valence-corrected chi connectivity index (χ3v) is 2.78. The van der Waals surface area contributed by atoms with Crippen LogP contribution in [0.15, 0.2) is 24.3 Å². The van der Waals surface area contributed by atoms with Gasteiger partial charge in [0.05, 0.1) is 12.7 Å². The zero-order valence-corrected chi connectivity index (χ0v) is 9.43. The maximum Gasteiger partial charge on any atom is 0.254 e. The molecule has 2 N–H and O–H groups in total. The van der Waals surface area contributed by atoms with Gasteiger partial charge in [-0.25, -0.2) is 4.39 Å². The Morgan fingerprint density at radius 3 is 2.82 bits per heavy atom. The Balaban J connectivity index is 2.06. The minimum atomic E-state index is -0.344. The Morgan fingerprint density at radius 2 is 2.18 bits per heavy atom. The molecule has 1 aliphatic rings. The van der Waals surface area contributed by atoms with Gasteiger partial charge in [0.2, 0.25) is 0 Å². The van der Waals surface area contributed by atoms with Gasteiger partial charge in [-0.05, 0) is 24.3 Å². The predicted octanol–water partition coefficient (Wildman–Crippen LogP) is 0.625. The summed E-state index contributed by atoms with van der Waals surface area (Å²) in [4.78, 5) is 13.8. The van der Waals surface area contributed by atoms with Gasteiger partial charge in [-0.3, -0.25) is 4.79 Å². The van der Waals surface area contributed by atoms with Crippen molar-refractivity contribution in [3.63, 3.8) is 0 Å². The molecule has 1 atom stereocenters. The smallest absolute Gasteiger partial charge is 0.254 e. The molecule has 1 aromatic rings. The van der Waals surface area contributed by atoms with Gasteiger partial charge in [-0.15, -0.1) is 0 Å². The number of nitrogens with two attached hydrogens (primary N) is 1. The van der Waals surface area contributed by atoms with Gasteiger partial charge in [-0.2, -0.15) is 0 Å². The molecule has 1 heterocycles. The lowest BCUT2D eigenvalue weighted by atomic mass is 10.1. The Labute approximate surface area is 99.2 Å². The largest absolute Gasteiger partial charge is 0.373 e.